The maximum atomic E-state index is 11.8. The number of carbonyl (C=O) groups excluding carboxylic acids is 2. The largest absolute Gasteiger partial charge is 0.300 e. The van der Waals surface area contributed by atoms with Crippen LogP contribution in [0, 0.1) is 5.92 Å². The van der Waals surface area contributed by atoms with Crippen molar-refractivity contribution in [3.63, 3.8) is 0 Å². The van der Waals surface area contributed by atoms with Crippen molar-refractivity contribution < 1.29 is 9.59 Å². The number of benzene rings is 1. The molecule has 0 aromatic heterocycles. The molecule has 0 unspecified atom stereocenters. The summed E-state index contributed by atoms with van der Waals surface area (Å²) < 4.78 is 0. The Hall–Kier alpha value is -1.68. The summed E-state index contributed by atoms with van der Waals surface area (Å²) in [6.07, 6.45) is 0.563. The minimum atomic E-state index is -0.100. The Labute approximate surface area is 106 Å². The fraction of sp³-hybridized carbons (Fsp3) is 0.429. The van der Waals surface area contributed by atoms with E-state index in [1.54, 1.807) is 11.9 Å². The van der Waals surface area contributed by atoms with Gasteiger partial charge in [-0.25, -0.2) is 5.01 Å². The molecule has 0 saturated carbocycles. The highest BCUT2D eigenvalue weighted by atomic mass is 16.2. The quantitative estimate of drug-likeness (QED) is 0.789. The minimum absolute atomic E-state index is 0.0233. The second kappa shape index (κ2) is 4.21. The molecule has 2 saturated heterocycles. The summed E-state index contributed by atoms with van der Waals surface area (Å²) in [5.41, 5.74) is 1.12. The van der Waals surface area contributed by atoms with Gasteiger partial charge in [-0.05, 0) is 12.5 Å². The van der Waals surface area contributed by atoms with Crippen LogP contribution in [0.5, 0.6) is 0 Å². The van der Waals surface area contributed by atoms with Crippen LogP contribution in [-0.4, -0.2) is 34.8 Å². The Bertz CT molecular complexity index is 486. The van der Waals surface area contributed by atoms with E-state index in [1.165, 1.54) is 0 Å². The Morgan fingerprint density at radius 2 is 2.00 bits per heavy atom. The molecule has 2 aliphatic rings. The molecule has 2 heterocycles. The van der Waals surface area contributed by atoms with E-state index in [2.05, 4.69) is 5.01 Å². The number of carbonyl (C=O) groups is 2. The first kappa shape index (κ1) is 11.4. The van der Waals surface area contributed by atoms with Gasteiger partial charge >= 0.3 is 0 Å². The van der Waals surface area contributed by atoms with Crippen molar-refractivity contribution in [1.29, 1.82) is 0 Å². The van der Waals surface area contributed by atoms with Gasteiger partial charge in [0.25, 0.3) is 0 Å². The predicted octanol–water partition coefficient (Wildman–Crippen LogP) is 1.40. The van der Waals surface area contributed by atoms with Crippen LogP contribution in [0.1, 0.15) is 24.9 Å². The van der Waals surface area contributed by atoms with Crippen molar-refractivity contribution in [3.8, 4) is 0 Å². The number of hydrogen-bond donors (Lipinski definition) is 0. The number of nitrogens with zero attached hydrogens (tertiary/aromatic N) is 2. The van der Waals surface area contributed by atoms with Crippen LogP contribution >= 0.6 is 0 Å². The van der Waals surface area contributed by atoms with E-state index in [1.807, 2.05) is 30.3 Å². The Balaban J connectivity index is 1.98. The highest BCUT2D eigenvalue weighted by Crippen LogP contribution is 2.40. The third-order valence-corrected chi connectivity index (χ3v) is 3.89. The topological polar surface area (TPSA) is 40.6 Å². The lowest BCUT2D eigenvalue weighted by atomic mass is 9.91. The summed E-state index contributed by atoms with van der Waals surface area (Å²) in [4.78, 5) is 23.6. The second-order valence-corrected chi connectivity index (χ2v) is 4.96. The lowest BCUT2D eigenvalue weighted by Crippen LogP contribution is -2.33. The van der Waals surface area contributed by atoms with Gasteiger partial charge in [-0.15, -0.1) is 0 Å². The molecule has 0 N–H and O–H groups in total. The van der Waals surface area contributed by atoms with E-state index >= 15 is 0 Å². The Morgan fingerprint density at radius 3 is 2.67 bits per heavy atom. The average Bonchev–Trinajstić information content (AvgIpc) is 2.91. The van der Waals surface area contributed by atoms with E-state index < -0.39 is 0 Å². The van der Waals surface area contributed by atoms with Gasteiger partial charge in [0.05, 0.1) is 12.0 Å². The first-order valence-electron chi connectivity index (χ1n) is 6.31. The molecule has 4 nitrogen and oxygen atoms in total. The third kappa shape index (κ3) is 1.64. The van der Waals surface area contributed by atoms with Crippen molar-refractivity contribution in [1.82, 2.24) is 10.0 Å². The van der Waals surface area contributed by atoms with E-state index in [0.717, 1.165) is 12.1 Å². The molecule has 1 amide bonds. The third-order valence-electron chi connectivity index (χ3n) is 3.89. The molecule has 18 heavy (non-hydrogen) atoms. The van der Waals surface area contributed by atoms with Gasteiger partial charge in [0.2, 0.25) is 5.91 Å². The molecular formula is C14H16N2O2. The molecule has 4 heteroatoms. The zero-order chi connectivity index (χ0) is 12.7. The molecule has 0 bridgehead atoms. The van der Waals surface area contributed by atoms with Gasteiger partial charge in [0.1, 0.15) is 5.78 Å². The molecule has 1 aromatic carbocycles. The van der Waals surface area contributed by atoms with E-state index in [4.69, 9.17) is 0 Å². The van der Waals surface area contributed by atoms with Crippen LogP contribution in [0.3, 0.4) is 0 Å². The Kier molecular flexibility index (Phi) is 2.67. The number of fused-ring (bicyclic) bond motifs is 1. The van der Waals surface area contributed by atoms with Crippen molar-refractivity contribution in [2.45, 2.75) is 19.4 Å². The second-order valence-electron chi connectivity index (χ2n) is 4.96. The van der Waals surface area contributed by atoms with Gasteiger partial charge in [0, 0.05) is 19.5 Å². The van der Waals surface area contributed by atoms with Crippen LogP contribution in [0.2, 0.25) is 0 Å². The number of hydrogen-bond acceptors (Lipinski definition) is 3. The highest BCUT2D eigenvalue weighted by Gasteiger charge is 2.47. The van der Waals surface area contributed by atoms with Gasteiger partial charge < -0.3 is 0 Å². The van der Waals surface area contributed by atoms with Crippen molar-refractivity contribution in [2.75, 3.05) is 13.1 Å². The maximum Gasteiger partial charge on any atom is 0.238 e. The van der Waals surface area contributed by atoms with Crippen molar-refractivity contribution in [3.05, 3.63) is 35.9 Å². The first-order valence-corrected chi connectivity index (χ1v) is 6.31. The molecule has 2 atom stereocenters. The number of amides is 1. The summed E-state index contributed by atoms with van der Waals surface area (Å²) in [5.74, 6) is 0.197. The summed E-state index contributed by atoms with van der Waals surface area (Å²) in [7, 11) is 0. The summed E-state index contributed by atoms with van der Waals surface area (Å²) in [6, 6.07) is 10.0. The maximum absolute atomic E-state index is 11.8. The lowest BCUT2D eigenvalue weighted by Gasteiger charge is -2.26. The smallest absolute Gasteiger partial charge is 0.238 e. The van der Waals surface area contributed by atoms with Gasteiger partial charge in [-0.3, -0.25) is 14.6 Å². The molecule has 2 aliphatic heterocycles. The number of rotatable bonds is 2. The monoisotopic (exact) mass is 244 g/mol. The van der Waals surface area contributed by atoms with Crippen LogP contribution in [0.4, 0.5) is 0 Å². The van der Waals surface area contributed by atoms with Gasteiger partial charge in [0.15, 0.2) is 0 Å². The van der Waals surface area contributed by atoms with Crippen LogP contribution in [0.15, 0.2) is 30.3 Å². The summed E-state index contributed by atoms with van der Waals surface area (Å²) in [5, 5.41) is 3.81. The zero-order valence-corrected chi connectivity index (χ0v) is 10.4. The normalized spacial score (nSPS) is 27.6. The van der Waals surface area contributed by atoms with Crippen LogP contribution in [0.25, 0.3) is 0 Å². The van der Waals surface area contributed by atoms with Gasteiger partial charge in [-0.1, -0.05) is 30.3 Å². The number of Topliss-reactive ketones (excluding diaryl/α,β-unsaturated/α-hetero) is 1. The molecule has 94 valence electrons. The van der Waals surface area contributed by atoms with E-state index in [9.17, 15) is 9.59 Å². The summed E-state index contributed by atoms with van der Waals surface area (Å²) >= 11 is 0. The standard InChI is InChI=1S/C14H16N2O2/c1-10(17)12-9-16-13(18)7-8-15(16)14(12)11-5-3-2-4-6-11/h2-6,12,14H,7-9H2,1H3/t12-,14-/m1/s1. The zero-order valence-electron chi connectivity index (χ0n) is 10.4. The van der Waals surface area contributed by atoms with E-state index in [0.29, 0.717) is 13.0 Å². The minimum Gasteiger partial charge on any atom is -0.300 e. The molecule has 0 radical (unpaired) electrons. The SMILES string of the molecule is CC(=O)[C@H]1CN2C(=O)CCN2[C@@H]1c1ccccc1. The van der Waals surface area contributed by atoms with Crippen LogP contribution in [-0.2, 0) is 9.59 Å². The average molecular weight is 244 g/mol. The van der Waals surface area contributed by atoms with Crippen molar-refractivity contribution in [2.24, 2.45) is 5.92 Å². The number of ketones is 1. The van der Waals surface area contributed by atoms with Crippen LogP contribution < -0.4 is 0 Å². The predicted molar refractivity (Wildman–Crippen MR) is 66.4 cm³/mol. The van der Waals surface area contributed by atoms with Gasteiger partial charge in [-0.2, -0.15) is 0 Å². The molecule has 0 aliphatic carbocycles. The Morgan fingerprint density at radius 1 is 1.28 bits per heavy atom. The lowest BCUT2D eigenvalue weighted by molar-refractivity contribution is -0.135. The summed E-state index contributed by atoms with van der Waals surface area (Å²) in [6.45, 7) is 2.88. The fourth-order valence-corrected chi connectivity index (χ4v) is 3.00. The number of hydrazine groups is 1. The molecule has 2 fully saturated rings. The molecule has 0 spiro atoms. The molecule has 1 aromatic rings. The van der Waals surface area contributed by atoms with E-state index in [-0.39, 0.29) is 23.7 Å². The first-order chi connectivity index (χ1) is 8.68. The molecule has 3 rings (SSSR count). The fourth-order valence-electron chi connectivity index (χ4n) is 3.00. The molecular weight excluding hydrogens is 228 g/mol. The van der Waals surface area contributed by atoms with Crippen molar-refractivity contribution >= 4 is 11.7 Å². The highest BCUT2D eigenvalue weighted by molar-refractivity contribution is 5.83.